The number of amides is 4. The molecular formula is C37H53B4N6O10S6+. The predicted molar refractivity (Wildman–Crippen MR) is 269 cm³/mol. The summed E-state index contributed by atoms with van der Waals surface area (Å²) in [6.45, 7) is 7.84. The number of fused-ring (bicyclic) bond motifs is 2. The average molecular weight is 978 g/mol. The first kappa shape index (κ1) is 52.4. The van der Waals surface area contributed by atoms with Crippen molar-refractivity contribution in [1.29, 1.82) is 0 Å². The molecule has 338 valence electrons. The largest absolute Gasteiger partial charge is 0.344 e. The van der Waals surface area contributed by atoms with Crippen LogP contribution in [0.25, 0.3) is 0 Å². The zero-order valence-corrected chi connectivity index (χ0v) is 41.5. The normalized spacial score (nSPS) is 16.0. The highest BCUT2D eigenvalue weighted by molar-refractivity contribution is 8.20. The van der Waals surface area contributed by atoms with E-state index >= 15 is 0 Å². The lowest BCUT2D eigenvalue weighted by molar-refractivity contribution is -0.437. The molecule has 0 saturated heterocycles. The van der Waals surface area contributed by atoms with Crippen LogP contribution in [0.5, 0.6) is 0 Å². The van der Waals surface area contributed by atoms with Gasteiger partial charge in [-0.2, -0.15) is 67.9 Å². The number of rotatable bonds is 22. The number of nitrogens with one attached hydrogen (secondary N) is 4. The van der Waals surface area contributed by atoms with Gasteiger partial charge < -0.3 is 26.2 Å². The smallest absolute Gasteiger partial charge is 0.265 e. The van der Waals surface area contributed by atoms with Crippen LogP contribution in [0.3, 0.4) is 0 Å². The number of carbonyl (C=O) groups excluding carboxylic acids is 4. The van der Waals surface area contributed by atoms with Crippen molar-refractivity contribution in [3.8, 4) is 0 Å². The number of hydrogen-bond donors (Lipinski definition) is 6. The Labute approximate surface area is 390 Å². The monoisotopic (exact) mass is 977 g/mol. The number of hydrogen-bond acceptors (Lipinski definition) is 13. The van der Waals surface area contributed by atoms with Crippen LogP contribution in [-0.2, 0) is 31.1 Å². The van der Waals surface area contributed by atoms with Crippen LogP contribution >= 0.6 is 46.5 Å². The van der Waals surface area contributed by atoms with Crippen molar-refractivity contribution in [3.63, 3.8) is 0 Å². The van der Waals surface area contributed by atoms with Crippen LogP contribution in [-0.4, -0.2) is 136 Å². The Morgan fingerprint density at radius 1 is 0.683 bits per heavy atom. The van der Waals surface area contributed by atoms with E-state index in [1.165, 1.54) is 46.5 Å². The van der Waals surface area contributed by atoms with Crippen molar-refractivity contribution in [1.82, 2.24) is 21.3 Å². The van der Waals surface area contributed by atoms with Crippen molar-refractivity contribution >= 4 is 136 Å². The Morgan fingerprint density at radius 3 is 1.63 bits per heavy atom. The summed E-state index contributed by atoms with van der Waals surface area (Å²) in [5, 5.41) is 11.5. The van der Waals surface area contributed by atoms with E-state index in [9.17, 15) is 45.1 Å². The van der Waals surface area contributed by atoms with E-state index in [4.69, 9.17) is 0 Å². The fraction of sp³-hybridized carbons (Fsp3) is 0.432. The predicted octanol–water partition coefficient (Wildman–Crippen LogP) is 0.731. The summed E-state index contributed by atoms with van der Waals surface area (Å²) >= 11 is 5.65. The lowest BCUT2D eigenvalue weighted by Crippen LogP contribution is -2.32. The molecule has 2 aliphatic rings. The number of nitrogens with zero attached hydrogens (tertiary/aromatic N) is 2. The molecule has 63 heavy (non-hydrogen) atoms. The van der Waals surface area contributed by atoms with Crippen LogP contribution in [0.2, 0.25) is 0 Å². The highest BCUT2D eigenvalue weighted by Gasteiger charge is 2.48. The molecule has 0 bridgehead atoms. The number of allylic oxidation sites excluding steroid dienone is 4. The molecule has 2 aromatic rings. The first-order valence-electron chi connectivity index (χ1n) is 19.7. The van der Waals surface area contributed by atoms with E-state index in [0.29, 0.717) is 57.4 Å². The first-order chi connectivity index (χ1) is 29.5. The summed E-state index contributed by atoms with van der Waals surface area (Å²) in [5.41, 5.74) is 2.70. The molecular weight excluding hydrogens is 924 g/mol. The third kappa shape index (κ3) is 13.0. The van der Waals surface area contributed by atoms with Gasteiger partial charge in [0.05, 0.1) is 51.6 Å². The summed E-state index contributed by atoms with van der Waals surface area (Å²) in [7, 11) is -1.31. The maximum atomic E-state index is 13.9. The molecule has 0 saturated carbocycles. The lowest BCUT2D eigenvalue weighted by Gasteiger charge is -2.27. The van der Waals surface area contributed by atoms with E-state index in [2.05, 4.69) is 21.3 Å². The molecule has 26 heteroatoms. The molecule has 0 atom stereocenters. The van der Waals surface area contributed by atoms with Gasteiger partial charge in [-0.25, -0.2) is 0 Å². The van der Waals surface area contributed by atoms with Gasteiger partial charge in [0, 0.05) is 64.2 Å². The summed E-state index contributed by atoms with van der Waals surface area (Å²) in [6.07, 6.45) is 5.42. The van der Waals surface area contributed by atoms with E-state index in [1.807, 2.05) is 77.8 Å². The molecule has 2 aliphatic heterocycles. The molecule has 0 aromatic heterocycles. The molecule has 16 nitrogen and oxygen atoms in total. The molecule has 0 radical (unpaired) electrons. The minimum atomic E-state index is -4.33. The molecule has 6 N–H and O–H groups in total. The molecule has 4 rings (SSSR count). The molecule has 4 amide bonds. The van der Waals surface area contributed by atoms with E-state index < -0.39 is 66.2 Å². The minimum absolute atomic E-state index is 0.00179. The van der Waals surface area contributed by atoms with Gasteiger partial charge in [0.1, 0.15) is 6.54 Å². The van der Waals surface area contributed by atoms with Crippen molar-refractivity contribution in [2.75, 3.05) is 53.0 Å². The molecule has 2 aromatic carbocycles. The Bertz CT molecular complexity index is 2440. The zero-order chi connectivity index (χ0) is 46.9. The van der Waals surface area contributed by atoms with Crippen molar-refractivity contribution in [3.05, 3.63) is 81.6 Å². The first-order valence-corrected chi connectivity index (χ1v) is 28.5. The molecule has 0 spiro atoms. The maximum absolute atomic E-state index is 13.9. The minimum Gasteiger partial charge on any atom is -0.344 e. The maximum Gasteiger partial charge on any atom is 0.265 e. The number of benzene rings is 2. The second-order valence-electron chi connectivity index (χ2n) is 15.7. The van der Waals surface area contributed by atoms with Gasteiger partial charge in [-0.3, -0.25) is 28.3 Å². The summed E-state index contributed by atoms with van der Waals surface area (Å²) in [5.74, 6) is -1.41. The van der Waals surface area contributed by atoms with Gasteiger partial charge in [0.25, 0.3) is 43.9 Å². The number of carbonyl (C=O) groups is 4. The van der Waals surface area contributed by atoms with Gasteiger partial charge in [0.2, 0.25) is 5.69 Å². The standard InChI is InChI=1S/C37H52B4N6O10S6/c1-36(2)28(46(10-6-12-62(52,53)54)26-16-22(32(48)42-18-58-38)14-24(30(26)36)34(50)44-20-60-40)8-5-9-29-37(3,4)31-25(35(51)45-21-61-41)15-23(33(49)43-19-59-39)17-27(31)47(29)11-7-13-63(55,56)57/h5,8-9,14-17H,6-7,10-13,18-21,38-41H2,1-4H3,(H5-,42,43,44,45,48,49,50,51,52,53,54,55,56,57)/p+1. The highest BCUT2D eigenvalue weighted by atomic mass is 32.2. The Balaban J connectivity index is 1.99. The molecule has 0 unspecified atom stereocenters. The van der Waals surface area contributed by atoms with E-state index in [0.717, 1.165) is 0 Å². The van der Waals surface area contributed by atoms with Gasteiger partial charge in [-0.05, 0) is 44.5 Å². The average Bonchev–Trinajstić information content (AvgIpc) is 3.56. The third-order valence-electron chi connectivity index (χ3n) is 10.5. The fourth-order valence-electron chi connectivity index (χ4n) is 7.87. The number of anilines is 1. The summed E-state index contributed by atoms with van der Waals surface area (Å²) in [4.78, 5) is 56.4. The zero-order valence-electron chi connectivity index (χ0n) is 36.6. The second kappa shape index (κ2) is 22.3. The summed E-state index contributed by atoms with van der Waals surface area (Å²) in [6, 6.07) is 6.47. The van der Waals surface area contributed by atoms with Crippen molar-refractivity contribution in [2.45, 2.75) is 51.4 Å². The van der Waals surface area contributed by atoms with Crippen LogP contribution in [0, 0.1) is 0 Å². The van der Waals surface area contributed by atoms with Crippen molar-refractivity contribution in [2.24, 2.45) is 0 Å². The Morgan fingerprint density at radius 2 is 1.14 bits per heavy atom. The van der Waals surface area contributed by atoms with Crippen LogP contribution < -0.4 is 26.2 Å². The van der Waals surface area contributed by atoms with Gasteiger partial charge in [-0.15, -0.1) is 0 Å². The van der Waals surface area contributed by atoms with Gasteiger partial charge in [0.15, 0.2) is 34.2 Å². The molecule has 2 heterocycles. The fourth-order valence-corrected chi connectivity index (χ4v) is 9.96. The highest BCUT2D eigenvalue weighted by Crippen LogP contribution is 2.50. The van der Waals surface area contributed by atoms with Gasteiger partial charge in [-0.1, -0.05) is 19.9 Å². The lowest BCUT2D eigenvalue weighted by atomic mass is 9.78. The SMILES string of the molecule is BSCNC(=O)c1cc(C(=O)NCSB)c2c(c1)N(CCCS(=O)(=O)O)/C(=C/C=C/C1=[N+](CCCS(=O)(=O)O)c3cc(C(=O)NCSB)cc(C(=O)NCSB)c3C1(C)C)C2(C)C. The van der Waals surface area contributed by atoms with Crippen LogP contribution in [0.1, 0.15) is 93.1 Å². The van der Waals surface area contributed by atoms with Crippen molar-refractivity contribution < 1.29 is 49.7 Å². The third-order valence-corrected chi connectivity index (χ3v) is 13.9. The molecule has 0 aliphatic carbocycles. The van der Waals surface area contributed by atoms with Gasteiger partial charge >= 0.3 is 0 Å². The van der Waals surface area contributed by atoms with E-state index in [1.54, 1.807) is 30.3 Å². The topological polar surface area (TPSA) is 231 Å². The molecule has 0 fully saturated rings. The quantitative estimate of drug-likeness (QED) is 0.0414. The van der Waals surface area contributed by atoms with Crippen LogP contribution in [0.4, 0.5) is 11.4 Å². The Hall–Kier alpha value is -3.25. The Kier molecular flexibility index (Phi) is 18.5. The van der Waals surface area contributed by atoms with Crippen LogP contribution in [0.15, 0.2) is 48.2 Å². The summed E-state index contributed by atoms with van der Waals surface area (Å²) < 4.78 is 68.8. The second-order valence-corrected chi connectivity index (χ2v) is 22.3. The van der Waals surface area contributed by atoms with E-state index in [-0.39, 0.29) is 48.2 Å².